The van der Waals surface area contributed by atoms with Gasteiger partial charge in [0.1, 0.15) is 5.60 Å². The van der Waals surface area contributed by atoms with Crippen LogP contribution in [0, 0.1) is 5.92 Å². The first-order valence-corrected chi connectivity index (χ1v) is 15.7. The number of nitrogens with zero attached hydrogens (tertiary/aromatic N) is 4. The molecule has 1 aliphatic carbocycles. The van der Waals surface area contributed by atoms with E-state index in [0.29, 0.717) is 36.9 Å². The van der Waals surface area contributed by atoms with E-state index in [1.165, 1.54) is 8.87 Å². The molecular formula is C29H36ClN5O5S. The molecule has 1 aliphatic heterocycles. The number of carbonyl (C=O) groups excluding carboxylic acids is 2. The van der Waals surface area contributed by atoms with E-state index >= 15 is 0 Å². The molecule has 0 unspecified atom stereocenters. The predicted molar refractivity (Wildman–Crippen MR) is 158 cm³/mol. The summed E-state index contributed by atoms with van der Waals surface area (Å²) in [5.74, 6) is 0.411. The number of nitrogens with one attached hydrogen (secondary N) is 1. The second-order valence-electron chi connectivity index (χ2n) is 11.7. The third-order valence-electron chi connectivity index (χ3n) is 7.60. The topological polar surface area (TPSA) is 114 Å². The van der Waals surface area contributed by atoms with E-state index in [9.17, 15) is 18.0 Å². The van der Waals surface area contributed by atoms with E-state index < -0.39 is 21.7 Å². The molecule has 1 amide bonds. The van der Waals surface area contributed by atoms with Gasteiger partial charge in [-0.25, -0.2) is 22.8 Å². The maximum Gasteiger partial charge on any atom is 0.421 e. The van der Waals surface area contributed by atoms with E-state index in [1.807, 2.05) is 26.8 Å². The van der Waals surface area contributed by atoms with Crippen LogP contribution in [0.2, 0.25) is 5.02 Å². The lowest BCUT2D eigenvalue weighted by Gasteiger charge is -2.37. The van der Waals surface area contributed by atoms with Crippen LogP contribution in [0.3, 0.4) is 0 Å². The highest BCUT2D eigenvalue weighted by atomic mass is 35.5. The van der Waals surface area contributed by atoms with Crippen molar-refractivity contribution in [3.05, 3.63) is 53.8 Å². The van der Waals surface area contributed by atoms with Crippen molar-refractivity contribution in [2.24, 2.45) is 5.92 Å². The number of benzene rings is 2. The van der Waals surface area contributed by atoms with Gasteiger partial charge in [0.25, 0.3) is 0 Å². The maximum atomic E-state index is 13.3. The summed E-state index contributed by atoms with van der Waals surface area (Å²) in [4.78, 5) is 32.1. The van der Waals surface area contributed by atoms with Crippen LogP contribution in [0.5, 0.6) is 0 Å². The maximum absolute atomic E-state index is 13.3. The number of fused-ring (bicyclic) bond motifs is 1. The van der Waals surface area contributed by atoms with Gasteiger partial charge in [0.15, 0.2) is 0 Å². The van der Waals surface area contributed by atoms with Crippen LogP contribution >= 0.6 is 11.6 Å². The molecule has 1 saturated heterocycles. The molecule has 0 bridgehead atoms. The van der Waals surface area contributed by atoms with Crippen molar-refractivity contribution < 1.29 is 22.7 Å². The Balaban J connectivity index is 1.13. The predicted octanol–water partition coefficient (Wildman–Crippen LogP) is 4.98. The summed E-state index contributed by atoms with van der Waals surface area (Å²) in [5.41, 5.74) is -0.613. The Morgan fingerprint density at radius 2 is 1.63 bits per heavy atom. The first kappa shape index (κ1) is 29.3. The standard InChI is InChI=1S/C29H36ClN5O5S/c1-29(2,3)40-28(37)35-13-12-31-27(35)32-24-9-5-20(6-10-24)26(36)33-14-16-34(17-15-33)41(38,39)25-11-7-21-18-23(30)8-4-22(21)19-25/h4,7-8,11-13,18-20,24H,5-6,9-10,14-17H2,1-3H3,(H,31,32). The van der Waals surface area contributed by atoms with Crippen molar-refractivity contribution in [2.45, 2.75) is 63.0 Å². The van der Waals surface area contributed by atoms with Crippen LogP contribution in [0.15, 0.2) is 53.7 Å². The molecule has 220 valence electrons. The Labute approximate surface area is 245 Å². The Morgan fingerprint density at radius 3 is 2.32 bits per heavy atom. The number of anilines is 1. The van der Waals surface area contributed by atoms with Gasteiger partial charge in [-0.05, 0) is 81.5 Å². The minimum atomic E-state index is -3.68. The fourth-order valence-corrected chi connectivity index (χ4v) is 7.09. The normalized spacial score (nSPS) is 20.6. The number of halogens is 1. The summed E-state index contributed by atoms with van der Waals surface area (Å²) in [6.45, 7) is 6.70. The van der Waals surface area contributed by atoms with E-state index in [-0.39, 0.29) is 35.9 Å². The van der Waals surface area contributed by atoms with Gasteiger partial charge in [-0.15, -0.1) is 0 Å². The number of carbonyl (C=O) groups is 2. The summed E-state index contributed by atoms with van der Waals surface area (Å²) in [7, 11) is -3.68. The highest BCUT2D eigenvalue weighted by Gasteiger charge is 2.34. The average molecular weight is 602 g/mol. The number of ether oxygens (including phenoxy) is 1. The Hall–Kier alpha value is -3.15. The van der Waals surface area contributed by atoms with Crippen LogP contribution in [0.1, 0.15) is 46.5 Å². The number of sulfonamides is 1. The molecule has 2 heterocycles. The zero-order chi connectivity index (χ0) is 29.4. The molecule has 1 aromatic heterocycles. The van der Waals surface area contributed by atoms with Gasteiger partial charge in [0.2, 0.25) is 21.9 Å². The number of hydrogen-bond acceptors (Lipinski definition) is 7. The zero-order valence-electron chi connectivity index (χ0n) is 23.5. The number of aromatic nitrogens is 2. The minimum Gasteiger partial charge on any atom is -0.443 e. The third-order valence-corrected chi connectivity index (χ3v) is 9.73. The van der Waals surface area contributed by atoms with E-state index in [0.717, 1.165) is 23.6 Å². The van der Waals surface area contributed by atoms with Crippen LogP contribution in [-0.2, 0) is 19.6 Å². The zero-order valence-corrected chi connectivity index (χ0v) is 25.1. The van der Waals surface area contributed by atoms with Crippen molar-refractivity contribution in [1.82, 2.24) is 18.8 Å². The number of rotatable bonds is 5. The molecule has 1 N–H and O–H groups in total. The molecule has 2 aromatic carbocycles. The molecule has 1 saturated carbocycles. The van der Waals surface area contributed by atoms with Crippen molar-refractivity contribution in [3.8, 4) is 0 Å². The summed E-state index contributed by atoms with van der Waals surface area (Å²) >= 11 is 6.05. The number of piperazine rings is 1. The molecule has 3 aromatic rings. The lowest BCUT2D eigenvalue weighted by atomic mass is 9.85. The minimum absolute atomic E-state index is 0.0818. The lowest BCUT2D eigenvalue weighted by molar-refractivity contribution is -0.137. The van der Waals surface area contributed by atoms with E-state index in [4.69, 9.17) is 16.3 Å². The largest absolute Gasteiger partial charge is 0.443 e. The molecule has 12 heteroatoms. The van der Waals surface area contributed by atoms with Crippen molar-refractivity contribution >= 4 is 50.3 Å². The summed E-state index contributed by atoms with van der Waals surface area (Å²) in [6, 6.07) is 10.5. The van der Waals surface area contributed by atoms with E-state index in [1.54, 1.807) is 47.6 Å². The monoisotopic (exact) mass is 601 g/mol. The number of amides is 1. The highest BCUT2D eigenvalue weighted by Crippen LogP contribution is 2.30. The van der Waals surface area contributed by atoms with E-state index in [2.05, 4.69) is 10.3 Å². The Morgan fingerprint density at radius 1 is 0.976 bits per heavy atom. The molecule has 0 spiro atoms. The third kappa shape index (κ3) is 6.68. The fraction of sp³-hybridized carbons (Fsp3) is 0.483. The van der Waals surface area contributed by atoms with Crippen LogP contribution in [0.25, 0.3) is 10.8 Å². The van der Waals surface area contributed by atoms with Crippen LogP contribution in [0.4, 0.5) is 10.7 Å². The molecule has 0 radical (unpaired) electrons. The first-order chi connectivity index (χ1) is 19.4. The van der Waals surface area contributed by atoms with Crippen LogP contribution in [-0.4, -0.2) is 77.0 Å². The number of imidazole rings is 1. The number of hydrogen-bond donors (Lipinski definition) is 1. The van der Waals surface area contributed by atoms with Gasteiger partial charge in [0.05, 0.1) is 4.90 Å². The Bertz CT molecular complexity index is 1530. The summed E-state index contributed by atoms with van der Waals surface area (Å²) in [6.07, 6.45) is 5.58. The van der Waals surface area contributed by atoms with Crippen molar-refractivity contribution in [1.29, 1.82) is 0 Å². The van der Waals surface area contributed by atoms with Gasteiger partial charge in [-0.2, -0.15) is 4.31 Å². The van der Waals surface area contributed by atoms with Gasteiger partial charge in [0, 0.05) is 55.6 Å². The molecule has 2 aliphatic rings. The first-order valence-electron chi connectivity index (χ1n) is 13.9. The van der Waals surface area contributed by atoms with Crippen molar-refractivity contribution in [2.75, 3.05) is 31.5 Å². The second-order valence-corrected chi connectivity index (χ2v) is 14.1. The molecular weight excluding hydrogens is 566 g/mol. The van der Waals surface area contributed by atoms with Gasteiger partial charge in [-0.3, -0.25) is 4.79 Å². The fourth-order valence-electron chi connectivity index (χ4n) is 5.45. The molecule has 2 fully saturated rings. The van der Waals surface area contributed by atoms with Crippen molar-refractivity contribution in [3.63, 3.8) is 0 Å². The highest BCUT2D eigenvalue weighted by molar-refractivity contribution is 7.89. The second kappa shape index (κ2) is 11.6. The Kier molecular flexibility index (Phi) is 8.31. The smallest absolute Gasteiger partial charge is 0.421 e. The molecule has 41 heavy (non-hydrogen) atoms. The lowest BCUT2D eigenvalue weighted by Crippen LogP contribution is -2.52. The average Bonchev–Trinajstić information content (AvgIpc) is 3.40. The SMILES string of the molecule is CC(C)(C)OC(=O)n1ccnc1NC1CCC(C(=O)N2CCN(S(=O)(=O)c3ccc4cc(Cl)ccc4c3)CC2)CC1. The molecule has 10 nitrogen and oxygen atoms in total. The summed E-state index contributed by atoms with van der Waals surface area (Å²) < 4.78 is 34.9. The van der Waals surface area contributed by atoms with Crippen LogP contribution < -0.4 is 5.32 Å². The van der Waals surface area contributed by atoms with Gasteiger partial charge >= 0.3 is 6.09 Å². The summed E-state index contributed by atoms with van der Waals surface area (Å²) in [5, 5.41) is 5.62. The van der Waals surface area contributed by atoms with Gasteiger partial charge < -0.3 is 15.0 Å². The molecule has 0 atom stereocenters. The quantitative estimate of drug-likeness (QED) is 0.439. The van der Waals surface area contributed by atoms with Gasteiger partial charge in [-0.1, -0.05) is 23.7 Å². The molecule has 5 rings (SSSR count).